The fraction of sp³-hybridized carbons (Fsp3) is 0.250. The molecule has 3 nitrogen and oxygen atoms in total. The summed E-state index contributed by atoms with van der Waals surface area (Å²) in [4.78, 5) is 0. The van der Waals surface area contributed by atoms with E-state index in [2.05, 4.69) is 0 Å². The van der Waals surface area contributed by atoms with Crippen molar-refractivity contribution in [3.05, 3.63) is 28.5 Å². The third-order valence-corrected chi connectivity index (χ3v) is 1.87. The van der Waals surface area contributed by atoms with Crippen LogP contribution in [0.2, 0.25) is 5.02 Å². The second kappa shape index (κ2) is 5.36. The van der Waals surface area contributed by atoms with Gasteiger partial charge in [0.25, 0.3) is 0 Å². The maximum Gasteiger partial charge on any atom is 0.166 e. The van der Waals surface area contributed by atoms with Crippen molar-refractivity contribution < 1.29 is 14.6 Å². The van der Waals surface area contributed by atoms with Crippen LogP contribution in [-0.2, 0) is 0 Å². The summed E-state index contributed by atoms with van der Waals surface area (Å²) in [6.07, 6.45) is 0. The van der Waals surface area contributed by atoms with Gasteiger partial charge in [-0.2, -0.15) is 0 Å². The first-order chi connectivity index (χ1) is 6.06. The van der Waals surface area contributed by atoms with Crippen LogP contribution < -0.4 is 5.73 Å². The lowest BCUT2D eigenvalue weighted by atomic mass is 10.1. The van der Waals surface area contributed by atoms with E-state index in [1.165, 1.54) is 6.07 Å². The molecule has 4 N–H and O–H groups in total. The maximum atomic E-state index is 12.9. The number of halogens is 3. The quantitative estimate of drug-likeness (QED) is 0.737. The van der Waals surface area contributed by atoms with Gasteiger partial charge in [0.2, 0.25) is 0 Å². The molecular formula is C8H10Cl2FNO2. The Kier molecular flexibility index (Phi) is 5.15. The Balaban J connectivity index is 0.00000169. The first-order valence-corrected chi connectivity index (χ1v) is 3.98. The van der Waals surface area contributed by atoms with Gasteiger partial charge in [-0.3, -0.25) is 0 Å². The van der Waals surface area contributed by atoms with Crippen LogP contribution in [0, 0.1) is 5.82 Å². The second-order valence-electron chi connectivity index (χ2n) is 2.61. The average Bonchev–Trinajstić information content (AvgIpc) is 2.10. The van der Waals surface area contributed by atoms with Crippen LogP contribution in [0.1, 0.15) is 11.6 Å². The van der Waals surface area contributed by atoms with E-state index >= 15 is 0 Å². The van der Waals surface area contributed by atoms with Gasteiger partial charge in [-0.1, -0.05) is 11.6 Å². The molecule has 0 saturated carbocycles. The highest BCUT2D eigenvalue weighted by molar-refractivity contribution is 6.30. The molecule has 80 valence electrons. The number of benzene rings is 1. The van der Waals surface area contributed by atoms with Crippen LogP contribution in [0.25, 0.3) is 0 Å². The lowest BCUT2D eigenvalue weighted by Crippen LogP contribution is -2.14. The summed E-state index contributed by atoms with van der Waals surface area (Å²) in [6.45, 7) is -0.382. The smallest absolute Gasteiger partial charge is 0.166 e. The molecular weight excluding hydrogens is 232 g/mol. The molecule has 0 aliphatic rings. The number of phenols is 1. The largest absolute Gasteiger partial charge is 0.505 e. The predicted octanol–water partition coefficient (Wildman–Crippen LogP) is 1.60. The average molecular weight is 242 g/mol. The predicted molar refractivity (Wildman–Crippen MR) is 54.3 cm³/mol. The third kappa shape index (κ3) is 2.72. The molecule has 0 aromatic heterocycles. The fourth-order valence-electron chi connectivity index (χ4n) is 0.967. The van der Waals surface area contributed by atoms with Gasteiger partial charge in [0.05, 0.1) is 12.6 Å². The van der Waals surface area contributed by atoms with Crippen molar-refractivity contribution in [2.75, 3.05) is 6.61 Å². The fourth-order valence-corrected chi connectivity index (χ4v) is 1.18. The Labute approximate surface area is 91.7 Å². The summed E-state index contributed by atoms with van der Waals surface area (Å²) in [5, 5.41) is 18.0. The van der Waals surface area contributed by atoms with Gasteiger partial charge in [-0.15, -0.1) is 12.4 Å². The molecule has 6 heteroatoms. The summed E-state index contributed by atoms with van der Waals surface area (Å²) >= 11 is 5.53. The van der Waals surface area contributed by atoms with Crippen molar-refractivity contribution in [1.29, 1.82) is 0 Å². The summed E-state index contributed by atoms with van der Waals surface area (Å²) in [5.41, 5.74) is 5.50. The molecule has 1 atom stereocenters. The minimum atomic E-state index is -0.841. The minimum absolute atomic E-state index is 0. The molecule has 0 amide bonds. The molecule has 0 aliphatic carbocycles. The van der Waals surface area contributed by atoms with Crippen molar-refractivity contribution in [2.45, 2.75) is 6.04 Å². The molecule has 0 heterocycles. The minimum Gasteiger partial charge on any atom is -0.505 e. The first-order valence-electron chi connectivity index (χ1n) is 3.60. The van der Waals surface area contributed by atoms with Crippen molar-refractivity contribution in [1.82, 2.24) is 0 Å². The molecule has 14 heavy (non-hydrogen) atoms. The van der Waals surface area contributed by atoms with Crippen LogP contribution in [-0.4, -0.2) is 16.8 Å². The van der Waals surface area contributed by atoms with Gasteiger partial charge in [0.15, 0.2) is 11.6 Å². The van der Waals surface area contributed by atoms with Gasteiger partial charge in [0.1, 0.15) is 0 Å². The van der Waals surface area contributed by atoms with Crippen LogP contribution in [0.5, 0.6) is 5.75 Å². The number of aliphatic hydroxyl groups is 1. The zero-order valence-corrected chi connectivity index (χ0v) is 8.65. The standard InChI is InChI=1S/C8H9ClFNO2.ClH/c9-4-1-5(7(11)3-12)8(13)6(10)2-4;/h1-2,7,12-13H,3,11H2;1H/t7-;/m0./s1. The number of aliphatic hydroxyl groups excluding tert-OH is 1. The van der Waals surface area contributed by atoms with E-state index in [-0.39, 0.29) is 29.6 Å². The number of hydrogen-bond donors (Lipinski definition) is 3. The maximum absolute atomic E-state index is 12.9. The monoisotopic (exact) mass is 241 g/mol. The molecule has 1 rings (SSSR count). The van der Waals surface area contributed by atoms with Gasteiger partial charge in [-0.25, -0.2) is 4.39 Å². The number of rotatable bonds is 2. The summed E-state index contributed by atoms with van der Waals surface area (Å²) in [7, 11) is 0. The Morgan fingerprint density at radius 2 is 2.07 bits per heavy atom. The number of aromatic hydroxyl groups is 1. The SMILES string of the molecule is Cl.N[C@@H](CO)c1cc(Cl)cc(F)c1O. The van der Waals surface area contributed by atoms with E-state index in [1.807, 2.05) is 0 Å². The molecule has 0 unspecified atom stereocenters. The van der Waals surface area contributed by atoms with Gasteiger partial charge < -0.3 is 15.9 Å². The molecule has 0 bridgehead atoms. The number of hydrogen-bond acceptors (Lipinski definition) is 3. The van der Waals surface area contributed by atoms with Crippen molar-refractivity contribution >= 4 is 24.0 Å². The van der Waals surface area contributed by atoms with Crippen LogP contribution in [0.4, 0.5) is 4.39 Å². The highest BCUT2D eigenvalue weighted by Gasteiger charge is 2.14. The van der Waals surface area contributed by atoms with Crippen LogP contribution in [0.3, 0.4) is 0 Å². The van der Waals surface area contributed by atoms with Gasteiger partial charge >= 0.3 is 0 Å². The molecule has 0 spiro atoms. The van der Waals surface area contributed by atoms with Gasteiger partial charge in [-0.05, 0) is 12.1 Å². The Morgan fingerprint density at radius 1 is 1.50 bits per heavy atom. The zero-order chi connectivity index (χ0) is 10.0. The van der Waals surface area contributed by atoms with E-state index in [0.29, 0.717) is 0 Å². The van der Waals surface area contributed by atoms with Crippen molar-refractivity contribution in [3.63, 3.8) is 0 Å². The first kappa shape index (κ1) is 13.4. The van der Waals surface area contributed by atoms with Crippen LogP contribution >= 0.6 is 24.0 Å². The van der Waals surface area contributed by atoms with Crippen molar-refractivity contribution in [3.8, 4) is 5.75 Å². The van der Waals surface area contributed by atoms with E-state index in [0.717, 1.165) is 6.07 Å². The normalized spacial score (nSPS) is 12.0. The summed E-state index contributed by atoms with van der Waals surface area (Å²) in [5.74, 6) is -1.41. The van der Waals surface area contributed by atoms with Gasteiger partial charge in [0, 0.05) is 10.6 Å². The highest BCUT2D eigenvalue weighted by Crippen LogP contribution is 2.29. The summed E-state index contributed by atoms with van der Waals surface area (Å²) in [6, 6.07) is 1.47. The summed E-state index contributed by atoms with van der Waals surface area (Å²) < 4.78 is 12.9. The molecule has 0 radical (unpaired) electrons. The Morgan fingerprint density at radius 3 is 2.57 bits per heavy atom. The molecule has 0 fully saturated rings. The number of nitrogens with two attached hydrogens (primary N) is 1. The zero-order valence-electron chi connectivity index (χ0n) is 7.08. The van der Waals surface area contributed by atoms with E-state index in [9.17, 15) is 9.50 Å². The van der Waals surface area contributed by atoms with E-state index in [4.69, 9.17) is 22.4 Å². The van der Waals surface area contributed by atoms with E-state index < -0.39 is 17.6 Å². The van der Waals surface area contributed by atoms with Crippen LogP contribution in [0.15, 0.2) is 12.1 Å². The van der Waals surface area contributed by atoms with Crippen molar-refractivity contribution in [2.24, 2.45) is 5.73 Å². The topological polar surface area (TPSA) is 66.5 Å². The molecule has 0 aliphatic heterocycles. The second-order valence-corrected chi connectivity index (χ2v) is 3.05. The van der Waals surface area contributed by atoms with E-state index in [1.54, 1.807) is 0 Å². The molecule has 0 saturated heterocycles. The molecule has 1 aromatic rings. The highest BCUT2D eigenvalue weighted by atomic mass is 35.5. The lowest BCUT2D eigenvalue weighted by Gasteiger charge is -2.11. The molecule has 1 aromatic carbocycles. The Bertz CT molecular complexity index is 322. The third-order valence-electron chi connectivity index (χ3n) is 1.65. The lowest BCUT2D eigenvalue weighted by molar-refractivity contribution is 0.264. The Hall–Kier alpha value is -0.550. The number of phenolic OH excluding ortho intramolecular Hbond substituents is 1.